The molecule has 0 radical (unpaired) electrons. The van der Waals surface area contributed by atoms with Gasteiger partial charge in [-0.05, 0) is 37.3 Å². The first-order chi connectivity index (χ1) is 7.90. The molecule has 0 fully saturated rings. The zero-order valence-corrected chi connectivity index (χ0v) is 11.3. The van der Waals surface area contributed by atoms with Gasteiger partial charge in [0.05, 0.1) is 6.04 Å². The molecule has 2 heteroatoms. The minimum absolute atomic E-state index is 0.146. The van der Waals surface area contributed by atoms with Crippen LogP contribution in [0.5, 0.6) is 0 Å². The molecule has 1 aromatic rings. The molecule has 0 aliphatic rings. The van der Waals surface area contributed by atoms with Crippen molar-refractivity contribution in [2.24, 2.45) is 11.7 Å². The van der Waals surface area contributed by atoms with E-state index in [0.29, 0.717) is 12.3 Å². The minimum Gasteiger partial charge on any atom is -0.321 e. The van der Waals surface area contributed by atoms with Crippen LogP contribution >= 0.6 is 0 Å². The van der Waals surface area contributed by atoms with Crippen molar-refractivity contribution in [3.8, 4) is 0 Å². The fourth-order valence-electron chi connectivity index (χ4n) is 1.95. The molecule has 0 heterocycles. The average molecular weight is 233 g/mol. The molecule has 0 spiro atoms. The number of aryl methyl sites for hydroxylation is 2. The van der Waals surface area contributed by atoms with Gasteiger partial charge in [0.1, 0.15) is 0 Å². The fraction of sp³-hybridized carbons (Fsp3) is 0.533. The van der Waals surface area contributed by atoms with Gasteiger partial charge in [-0.2, -0.15) is 0 Å². The first kappa shape index (κ1) is 13.9. The predicted molar refractivity (Wildman–Crippen MR) is 72.1 cm³/mol. The number of nitrogens with two attached hydrogens (primary N) is 1. The van der Waals surface area contributed by atoms with Gasteiger partial charge in [-0.25, -0.2) is 0 Å². The van der Waals surface area contributed by atoms with E-state index in [1.165, 1.54) is 11.1 Å². The number of Topliss-reactive ketones (excluding diaryl/α,β-unsaturated/α-hetero) is 1. The molecule has 94 valence electrons. The van der Waals surface area contributed by atoms with Crippen LogP contribution in [-0.2, 0) is 11.2 Å². The standard InChI is InChI=1S/C15H23NO/c1-10(2)7-14(16)15(17)9-13-8-11(3)5-6-12(13)4/h5-6,8,10,14H,7,9,16H2,1-4H3. The summed E-state index contributed by atoms with van der Waals surface area (Å²) in [6, 6.07) is 5.88. The number of hydrogen-bond donors (Lipinski definition) is 1. The van der Waals surface area contributed by atoms with Gasteiger partial charge in [-0.3, -0.25) is 4.79 Å². The summed E-state index contributed by atoms with van der Waals surface area (Å²) in [5.74, 6) is 0.611. The van der Waals surface area contributed by atoms with Crippen LogP contribution in [0.3, 0.4) is 0 Å². The van der Waals surface area contributed by atoms with Crippen LogP contribution in [0.25, 0.3) is 0 Å². The Labute approximate surface area is 104 Å². The number of hydrogen-bond acceptors (Lipinski definition) is 2. The van der Waals surface area contributed by atoms with Gasteiger partial charge in [0.25, 0.3) is 0 Å². The Hall–Kier alpha value is -1.15. The van der Waals surface area contributed by atoms with Crippen molar-refractivity contribution in [1.29, 1.82) is 0 Å². The maximum absolute atomic E-state index is 12.0. The first-order valence-electron chi connectivity index (χ1n) is 6.24. The summed E-state index contributed by atoms with van der Waals surface area (Å²) in [5, 5.41) is 0. The zero-order valence-electron chi connectivity index (χ0n) is 11.3. The number of carbonyl (C=O) groups excluding carboxylic acids is 1. The van der Waals surface area contributed by atoms with Crippen molar-refractivity contribution < 1.29 is 4.79 Å². The van der Waals surface area contributed by atoms with Crippen molar-refractivity contribution >= 4 is 5.78 Å². The Morgan fingerprint density at radius 2 is 1.94 bits per heavy atom. The summed E-state index contributed by atoms with van der Waals surface area (Å²) in [5.41, 5.74) is 9.37. The number of rotatable bonds is 5. The Kier molecular flexibility index (Phi) is 4.88. The third-order valence-corrected chi connectivity index (χ3v) is 3.01. The van der Waals surface area contributed by atoms with Crippen LogP contribution in [0, 0.1) is 19.8 Å². The third-order valence-electron chi connectivity index (χ3n) is 3.01. The molecule has 0 amide bonds. The molecule has 1 rings (SSSR count). The quantitative estimate of drug-likeness (QED) is 0.849. The van der Waals surface area contributed by atoms with Gasteiger partial charge in [-0.1, -0.05) is 37.6 Å². The molecule has 0 aliphatic heterocycles. The van der Waals surface area contributed by atoms with E-state index in [-0.39, 0.29) is 11.8 Å². The Balaban J connectivity index is 2.70. The Morgan fingerprint density at radius 3 is 2.53 bits per heavy atom. The van der Waals surface area contributed by atoms with Crippen LogP contribution in [0.1, 0.15) is 37.0 Å². The van der Waals surface area contributed by atoms with Gasteiger partial charge in [-0.15, -0.1) is 0 Å². The summed E-state index contributed by atoms with van der Waals surface area (Å²) in [6.45, 7) is 8.26. The lowest BCUT2D eigenvalue weighted by molar-refractivity contribution is -0.120. The number of ketones is 1. The van der Waals surface area contributed by atoms with Crippen LogP contribution in [0.4, 0.5) is 0 Å². The second kappa shape index (κ2) is 5.97. The largest absolute Gasteiger partial charge is 0.321 e. The van der Waals surface area contributed by atoms with E-state index >= 15 is 0 Å². The summed E-state index contributed by atoms with van der Waals surface area (Å²) in [4.78, 5) is 12.0. The average Bonchev–Trinajstić information content (AvgIpc) is 2.22. The Bertz CT molecular complexity index is 396. The van der Waals surface area contributed by atoms with Crippen LogP contribution in [0.15, 0.2) is 18.2 Å². The lowest BCUT2D eigenvalue weighted by Crippen LogP contribution is -2.33. The highest BCUT2D eigenvalue weighted by Crippen LogP contribution is 2.13. The van der Waals surface area contributed by atoms with Gasteiger partial charge < -0.3 is 5.73 Å². The third kappa shape index (κ3) is 4.31. The van der Waals surface area contributed by atoms with Crippen LogP contribution in [-0.4, -0.2) is 11.8 Å². The normalized spacial score (nSPS) is 12.8. The highest BCUT2D eigenvalue weighted by Gasteiger charge is 2.16. The fourth-order valence-corrected chi connectivity index (χ4v) is 1.95. The molecular weight excluding hydrogens is 210 g/mol. The smallest absolute Gasteiger partial charge is 0.153 e. The number of carbonyl (C=O) groups is 1. The van der Waals surface area contributed by atoms with Crippen LogP contribution < -0.4 is 5.73 Å². The molecule has 1 aromatic carbocycles. The second-order valence-electron chi connectivity index (χ2n) is 5.31. The highest BCUT2D eigenvalue weighted by molar-refractivity contribution is 5.86. The van der Waals surface area contributed by atoms with E-state index in [0.717, 1.165) is 12.0 Å². The van der Waals surface area contributed by atoms with E-state index in [9.17, 15) is 4.79 Å². The molecule has 0 saturated carbocycles. The van der Waals surface area contributed by atoms with Gasteiger partial charge in [0.2, 0.25) is 0 Å². The molecule has 17 heavy (non-hydrogen) atoms. The maximum Gasteiger partial charge on any atom is 0.153 e. The molecule has 0 saturated heterocycles. The SMILES string of the molecule is Cc1ccc(C)c(CC(=O)C(N)CC(C)C)c1. The van der Waals surface area contributed by atoms with E-state index < -0.39 is 0 Å². The summed E-state index contributed by atoms with van der Waals surface area (Å²) < 4.78 is 0. The summed E-state index contributed by atoms with van der Waals surface area (Å²) in [6.07, 6.45) is 1.23. The zero-order chi connectivity index (χ0) is 13.0. The first-order valence-corrected chi connectivity index (χ1v) is 6.24. The summed E-state index contributed by atoms with van der Waals surface area (Å²) in [7, 11) is 0. The molecule has 1 unspecified atom stereocenters. The monoisotopic (exact) mass is 233 g/mol. The maximum atomic E-state index is 12.0. The van der Waals surface area contributed by atoms with Gasteiger partial charge >= 0.3 is 0 Å². The molecule has 0 aromatic heterocycles. The van der Waals surface area contributed by atoms with Crippen molar-refractivity contribution in [1.82, 2.24) is 0 Å². The van der Waals surface area contributed by atoms with Crippen molar-refractivity contribution in [3.05, 3.63) is 34.9 Å². The molecular formula is C15H23NO. The molecule has 0 bridgehead atoms. The molecule has 2 nitrogen and oxygen atoms in total. The predicted octanol–water partition coefficient (Wildman–Crippen LogP) is 2.79. The summed E-state index contributed by atoms with van der Waals surface area (Å²) >= 11 is 0. The van der Waals surface area contributed by atoms with Gasteiger partial charge in [0.15, 0.2) is 5.78 Å². The topological polar surface area (TPSA) is 43.1 Å². The lowest BCUT2D eigenvalue weighted by Gasteiger charge is -2.14. The second-order valence-corrected chi connectivity index (χ2v) is 5.31. The van der Waals surface area contributed by atoms with E-state index in [1.807, 2.05) is 13.8 Å². The van der Waals surface area contributed by atoms with Crippen molar-refractivity contribution in [2.45, 2.75) is 46.6 Å². The van der Waals surface area contributed by atoms with E-state index in [1.54, 1.807) is 0 Å². The molecule has 2 N–H and O–H groups in total. The van der Waals surface area contributed by atoms with Crippen LogP contribution in [0.2, 0.25) is 0 Å². The van der Waals surface area contributed by atoms with E-state index in [2.05, 4.69) is 32.0 Å². The van der Waals surface area contributed by atoms with Crippen molar-refractivity contribution in [3.63, 3.8) is 0 Å². The number of benzene rings is 1. The van der Waals surface area contributed by atoms with E-state index in [4.69, 9.17) is 5.73 Å². The van der Waals surface area contributed by atoms with Gasteiger partial charge in [0, 0.05) is 6.42 Å². The highest BCUT2D eigenvalue weighted by atomic mass is 16.1. The van der Waals surface area contributed by atoms with Crippen molar-refractivity contribution in [2.75, 3.05) is 0 Å². The molecule has 1 atom stereocenters. The lowest BCUT2D eigenvalue weighted by atomic mass is 9.94. The minimum atomic E-state index is -0.324. The molecule has 0 aliphatic carbocycles. The Morgan fingerprint density at radius 1 is 1.29 bits per heavy atom.